The second-order valence-corrected chi connectivity index (χ2v) is 7.80. The van der Waals surface area contributed by atoms with Gasteiger partial charge in [0.05, 0.1) is 17.0 Å². The van der Waals surface area contributed by atoms with E-state index < -0.39 is 0 Å². The summed E-state index contributed by atoms with van der Waals surface area (Å²) in [5.41, 5.74) is 1.55. The molecule has 3 rings (SSSR count). The first-order valence-corrected chi connectivity index (χ1v) is 9.44. The first-order valence-electron chi connectivity index (χ1n) is 7.46. The van der Waals surface area contributed by atoms with Gasteiger partial charge in [0.25, 0.3) is 5.91 Å². The van der Waals surface area contributed by atoms with Crippen molar-refractivity contribution in [1.82, 2.24) is 5.32 Å². The number of ether oxygens (including phenoxy) is 2. The zero-order valence-electron chi connectivity index (χ0n) is 13.5. The normalized spacial score (nSPS) is 15.3. The van der Waals surface area contributed by atoms with Crippen LogP contribution < -0.4 is 14.8 Å². The lowest BCUT2D eigenvalue weighted by atomic mass is 10.1. The van der Waals surface area contributed by atoms with Crippen molar-refractivity contribution in [1.29, 1.82) is 0 Å². The van der Waals surface area contributed by atoms with E-state index in [4.69, 9.17) is 44.9 Å². The maximum atomic E-state index is 11.8. The van der Waals surface area contributed by atoms with Crippen LogP contribution in [0.15, 0.2) is 41.3 Å². The molecule has 1 aliphatic heterocycles. The molecule has 0 atom stereocenters. The van der Waals surface area contributed by atoms with E-state index in [2.05, 4.69) is 5.32 Å². The summed E-state index contributed by atoms with van der Waals surface area (Å²) in [6, 6.07) is 10.9. The Kier molecular flexibility index (Phi) is 6.09. The summed E-state index contributed by atoms with van der Waals surface area (Å²) in [5, 5.41) is 3.56. The number of nitrogens with one attached hydrogen (secondary N) is 1. The van der Waals surface area contributed by atoms with Crippen LogP contribution in [0.25, 0.3) is 6.08 Å². The van der Waals surface area contributed by atoms with E-state index in [-0.39, 0.29) is 12.5 Å². The number of amides is 1. The number of thiocarbonyl (C=S) groups is 1. The minimum atomic E-state index is -0.228. The summed E-state index contributed by atoms with van der Waals surface area (Å²) in [4.78, 5) is 12.3. The Morgan fingerprint density at radius 3 is 2.65 bits per heavy atom. The van der Waals surface area contributed by atoms with Crippen molar-refractivity contribution in [3.8, 4) is 11.5 Å². The topological polar surface area (TPSA) is 47.6 Å². The lowest BCUT2D eigenvalue weighted by Gasteiger charge is -2.14. The fourth-order valence-corrected chi connectivity index (χ4v) is 3.81. The van der Waals surface area contributed by atoms with Gasteiger partial charge in [-0.2, -0.15) is 0 Å². The second kappa shape index (κ2) is 8.31. The van der Waals surface area contributed by atoms with E-state index in [0.717, 1.165) is 5.56 Å². The molecule has 1 N–H and O–H groups in total. The Hall–Kier alpha value is -1.73. The number of hydrogen-bond acceptors (Lipinski definition) is 5. The summed E-state index contributed by atoms with van der Waals surface area (Å²) in [5.74, 6) is 0.645. The van der Waals surface area contributed by atoms with Crippen LogP contribution in [0.1, 0.15) is 11.1 Å². The van der Waals surface area contributed by atoms with Crippen molar-refractivity contribution >= 4 is 63.5 Å². The molecule has 1 aliphatic rings. The first kappa shape index (κ1) is 19.0. The molecule has 1 fully saturated rings. The number of rotatable bonds is 5. The van der Waals surface area contributed by atoms with Gasteiger partial charge in [-0.1, -0.05) is 65.4 Å². The predicted octanol–water partition coefficient (Wildman–Crippen LogP) is 5.07. The molecule has 0 saturated carbocycles. The van der Waals surface area contributed by atoms with Crippen LogP contribution in [0.5, 0.6) is 11.5 Å². The minimum absolute atomic E-state index is 0.228. The van der Waals surface area contributed by atoms with Gasteiger partial charge in [-0.25, -0.2) is 0 Å². The molecular formula is C18H13Cl2NO3S2. The Bertz CT molecular complexity index is 915. The van der Waals surface area contributed by atoms with Crippen molar-refractivity contribution in [2.45, 2.75) is 6.61 Å². The molecule has 8 heteroatoms. The highest BCUT2D eigenvalue weighted by atomic mass is 35.5. The third kappa shape index (κ3) is 4.32. The van der Waals surface area contributed by atoms with Crippen LogP contribution in [0, 0.1) is 0 Å². The van der Waals surface area contributed by atoms with Crippen molar-refractivity contribution in [2.24, 2.45) is 0 Å². The maximum absolute atomic E-state index is 11.8. The van der Waals surface area contributed by atoms with Gasteiger partial charge in [0.15, 0.2) is 11.5 Å². The van der Waals surface area contributed by atoms with Crippen molar-refractivity contribution < 1.29 is 14.3 Å². The number of methoxy groups -OCH3 is 1. The monoisotopic (exact) mass is 425 g/mol. The maximum Gasteiger partial charge on any atom is 0.263 e. The van der Waals surface area contributed by atoms with Gasteiger partial charge in [-0.3, -0.25) is 4.79 Å². The highest BCUT2D eigenvalue weighted by Gasteiger charge is 2.22. The number of halogens is 2. The number of benzene rings is 2. The Morgan fingerprint density at radius 1 is 1.23 bits per heavy atom. The number of carbonyl (C=O) groups is 1. The Morgan fingerprint density at radius 2 is 2.00 bits per heavy atom. The van der Waals surface area contributed by atoms with Crippen molar-refractivity contribution in [3.63, 3.8) is 0 Å². The van der Waals surface area contributed by atoms with Crippen LogP contribution >= 0.6 is 47.2 Å². The van der Waals surface area contributed by atoms with Crippen molar-refractivity contribution in [2.75, 3.05) is 7.11 Å². The third-order valence-corrected chi connectivity index (χ3v) is 5.33. The van der Waals surface area contributed by atoms with Gasteiger partial charge in [0, 0.05) is 10.6 Å². The zero-order valence-corrected chi connectivity index (χ0v) is 16.7. The van der Waals surface area contributed by atoms with Gasteiger partial charge in [-0.15, -0.1) is 0 Å². The summed E-state index contributed by atoms with van der Waals surface area (Å²) in [6.07, 6.45) is 1.70. The van der Waals surface area contributed by atoms with Gasteiger partial charge < -0.3 is 14.8 Å². The van der Waals surface area contributed by atoms with Gasteiger partial charge in [-0.05, 0) is 29.8 Å². The molecule has 1 saturated heterocycles. The molecule has 0 bridgehead atoms. The Labute approximate surface area is 170 Å². The van der Waals surface area contributed by atoms with Crippen molar-refractivity contribution in [3.05, 3.63) is 62.5 Å². The summed E-state index contributed by atoms with van der Waals surface area (Å²) in [6.45, 7) is 0.253. The van der Waals surface area contributed by atoms with Crippen LogP contribution in [-0.2, 0) is 11.4 Å². The van der Waals surface area contributed by atoms with E-state index in [1.54, 1.807) is 24.3 Å². The van der Waals surface area contributed by atoms with E-state index in [9.17, 15) is 4.79 Å². The summed E-state index contributed by atoms with van der Waals surface area (Å²) in [7, 11) is 1.52. The SMILES string of the molecule is COc1cc(/C=C2/SC(=S)NC2=O)cc(Cl)c1OCc1ccccc1Cl. The van der Waals surface area contributed by atoms with Gasteiger partial charge in [0.1, 0.15) is 10.9 Å². The van der Waals surface area contributed by atoms with E-state index in [1.807, 2.05) is 18.2 Å². The molecule has 2 aromatic rings. The van der Waals surface area contributed by atoms with E-state index >= 15 is 0 Å². The first-order chi connectivity index (χ1) is 12.5. The smallest absolute Gasteiger partial charge is 0.263 e. The number of hydrogen-bond donors (Lipinski definition) is 1. The standard InChI is InChI=1S/C18H13Cl2NO3S2/c1-23-14-7-10(8-15-17(22)21-18(25)26-15)6-13(20)16(14)24-9-11-4-2-3-5-12(11)19/h2-8H,9H2,1H3,(H,21,22,25)/b15-8+. The quantitative estimate of drug-likeness (QED) is 0.535. The zero-order chi connectivity index (χ0) is 18.7. The molecule has 26 heavy (non-hydrogen) atoms. The van der Waals surface area contributed by atoms with Gasteiger partial charge in [0.2, 0.25) is 0 Å². The number of carbonyl (C=O) groups excluding carboxylic acids is 1. The largest absolute Gasteiger partial charge is 0.493 e. The highest BCUT2D eigenvalue weighted by molar-refractivity contribution is 8.26. The van der Waals surface area contributed by atoms with Gasteiger partial charge >= 0.3 is 0 Å². The predicted molar refractivity (Wildman–Crippen MR) is 110 cm³/mol. The van der Waals surface area contributed by atoms with Crippen LogP contribution in [0.3, 0.4) is 0 Å². The highest BCUT2D eigenvalue weighted by Crippen LogP contribution is 2.38. The molecule has 4 nitrogen and oxygen atoms in total. The molecule has 0 aliphatic carbocycles. The molecule has 1 amide bonds. The lowest BCUT2D eigenvalue weighted by Crippen LogP contribution is -2.17. The van der Waals surface area contributed by atoms with Crippen LogP contribution in [0.2, 0.25) is 10.0 Å². The summed E-state index contributed by atoms with van der Waals surface area (Å²) < 4.78 is 11.6. The summed E-state index contributed by atoms with van der Waals surface area (Å²) >= 11 is 18.7. The molecular weight excluding hydrogens is 413 g/mol. The van der Waals surface area contributed by atoms with E-state index in [0.29, 0.717) is 36.3 Å². The lowest BCUT2D eigenvalue weighted by molar-refractivity contribution is -0.115. The van der Waals surface area contributed by atoms with Crippen LogP contribution in [-0.4, -0.2) is 17.3 Å². The molecule has 0 spiro atoms. The third-order valence-electron chi connectivity index (χ3n) is 3.52. The number of thioether (sulfide) groups is 1. The Balaban J connectivity index is 1.86. The fraction of sp³-hybridized carbons (Fsp3) is 0.111. The second-order valence-electron chi connectivity index (χ2n) is 5.27. The average Bonchev–Trinajstić information content (AvgIpc) is 2.92. The van der Waals surface area contributed by atoms with E-state index in [1.165, 1.54) is 18.9 Å². The molecule has 0 aromatic heterocycles. The molecule has 134 valence electrons. The van der Waals surface area contributed by atoms with Crippen LogP contribution in [0.4, 0.5) is 0 Å². The molecule has 2 aromatic carbocycles. The molecule has 0 radical (unpaired) electrons. The molecule has 0 unspecified atom stereocenters. The average molecular weight is 426 g/mol. The fourth-order valence-electron chi connectivity index (χ4n) is 2.30. The molecule has 1 heterocycles. The minimum Gasteiger partial charge on any atom is -0.493 e.